The van der Waals surface area contributed by atoms with Gasteiger partial charge in [-0.3, -0.25) is 9.58 Å². The van der Waals surface area contributed by atoms with Crippen molar-refractivity contribution in [1.82, 2.24) is 29.3 Å². The fraction of sp³-hybridized carbons (Fsp3) is 0.350. The lowest BCUT2D eigenvalue weighted by atomic mass is 9.97. The molecule has 0 radical (unpaired) electrons. The molecule has 1 aliphatic rings. The van der Waals surface area contributed by atoms with Crippen LogP contribution in [0.1, 0.15) is 30.1 Å². The molecule has 1 saturated heterocycles. The topological polar surface area (TPSA) is 51.2 Å². The zero-order chi connectivity index (χ0) is 18.2. The zero-order valence-electron chi connectivity index (χ0n) is 15.3. The summed E-state index contributed by atoms with van der Waals surface area (Å²) in [5.41, 5.74) is 3.38. The molecule has 0 aromatic carbocycles. The van der Waals surface area contributed by atoms with Crippen molar-refractivity contribution in [3.63, 3.8) is 0 Å². The van der Waals surface area contributed by atoms with Gasteiger partial charge in [-0.05, 0) is 43.0 Å². The van der Waals surface area contributed by atoms with Crippen LogP contribution < -0.4 is 0 Å². The molecule has 1 aliphatic heterocycles. The molecule has 4 aromatic rings. The maximum Gasteiger partial charge on any atom is 0.156 e. The number of fused-ring (bicyclic) bond motifs is 1. The first-order valence-corrected chi connectivity index (χ1v) is 10.2. The summed E-state index contributed by atoms with van der Waals surface area (Å²) in [5, 5.41) is 11.2. The molecule has 1 atom stereocenters. The van der Waals surface area contributed by atoms with E-state index in [1.54, 1.807) is 11.3 Å². The Hall–Kier alpha value is -2.51. The number of nitrogens with zero attached hydrogens (tertiary/aromatic N) is 6. The second-order valence-electron chi connectivity index (χ2n) is 7.26. The van der Waals surface area contributed by atoms with Crippen LogP contribution >= 0.6 is 11.3 Å². The monoisotopic (exact) mass is 378 g/mol. The summed E-state index contributed by atoms with van der Waals surface area (Å²) in [7, 11) is 1.97. The van der Waals surface area contributed by atoms with Gasteiger partial charge in [-0.1, -0.05) is 6.07 Å². The van der Waals surface area contributed by atoms with Crippen molar-refractivity contribution >= 4 is 17.0 Å². The number of rotatable bonds is 4. The quantitative estimate of drug-likeness (QED) is 0.545. The SMILES string of the molecule is Cn1cc(CN2CCC[C@H](c3nc4ccc(-c5cccs5)cn4n3)C2)cn1. The molecule has 0 unspecified atom stereocenters. The molecule has 0 N–H and O–H groups in total. The van der Waals surface area contributed by atoms with Gasteiger partial charge in [-0.15, -0.1) is 11.3 Å². The van der Waals surface area contributed by atoms with Gasteiger partial charge in [0.1, 0.15) is 0 Å². The first-order chi connectivity index (χ1) is 13.2. The van der Waals surface area contributed by atoms with Crippen LogP contribution in [0.5, 0.6) is 0 Å². The van der Waals surface area contributed by atoms with Gasteiger partial charge in [0, 0.05) is 54.5 Å². The van der Waals surface area contributed by atoms with Crippen LogP contribution in [0, 0.1) is 0 Å². The Morgan fingerprint density at radius 3 is 3.00 bits per heavy atom. The lowest BCUT2D eigenvalue weighted by Gasteiger charge is -2.30. The largest absolute Gasteiger partial charge is 0.298 e. The van der Waals surface area contributed by atoms with Gasteiger partial charge in [0.25, 0.3) is 0 Å². The molecule has 1 fully saturated rings. The predicted octanol–water partition coefficient (Wildman–Crippen LogP) is 3.57. The van der Waals surface area contributed by atoms with Crippen molar-refractivity contribution in [2.45, 2.75) is 25.3 Å². The Balaban J connectivity index is 1.36. The number of thiophene rings is 1. The van der Waals surface area contributed by atoms with Gasteiger partial charge in [0.15, 0.2) is 11.5 Å². The highest BCUT2D eigenvalue weighted by atomic mass is 32.1. The molecule has 5 rings (SSSR count). The molecule has 27 heavy (non-hydrogen) atoms. The van der Waals surface area contributed by atoms with Crippen molar-refractivity contribution < 1.29 is 0 Å². The molecule has 0 bridgehead atoms. The molecule has 0 aliphatic carbocycles. The molecule has 0 amide bonds. The summed E-state index contributed by atoms with van der Waals surface area (Å²) in [4.78, 5) is 8.57. The zero-order valence-corrected chi connectivity index (χ0v) is 16.1. The smallest absolute Gasteiger partial charge is 0.156 e. The second-order valence-corrected chi connectivity index (χ2v) is 8.21. The van der Waals surface area contributed by atoms with E-state index < -0.39 is 0 Å². The Labute approximate surface area is 162 Å². The van der Waals surface area contributed by atoms with Crippen LogP contribution in [0.4, 0.5) is 0 Å². The number of pyridine rings is 1. The number of piperidine rings is 1. The first-order valence-electron chi connectivity index (χ1n) is 9.35. The summed E-state index contributed by atoms with van der Waals surface area (Å²) < 4.78 is 3.80. The van der Waals surface area contributed by atoms with E-state index in [0.29, 0.717) is 5.92 Å². The summed E-state index contributed by atoms with van der Waals surface area (Å²) in [6, 6.07) is 8.42. The Kier molecular flexibility index (Phi) is 4.26. The van der Waals surface area contributed by atoms with Crippen LogP contribution in [0.2, 0.25) is 0 Å². The van der Waals surface area contributed by atoms with E-state index in [1.807, 2.05) is 22.4 Å². The van der Waals surface area contributed by atoms with E-state index in [2.05, 4.69) is 52.0 Å². The van der Waals surface area contributed by atoms with E-state index in [9.17, 15) is 0 Å². The number of likely N-dealkylation sites (tertiary alicyclic amines) is 1. The van der Waals surface area contributed by atoms with Crippen LogP contribution in [0.25, 0.3) is 16.1 Å². The molecular formula is C20H22N6S. The highest BCUT2D eigenvalue weighted by molar-refractivity contribution is 7.13. The third-order valence-corrected chi connectivity index (χ3v) is 6.11. The van der Waals surface area contributed by atoms with Crippen LogP contribution in [0.15, 0.2) is 48.2 Å². The average molecular weight is 379 g/mol. The molecule has 138 valence electrons. The summed E-state index contributed by atoms with van der Waals surface area (Å²) in [5.74, 6) is 1.36. The van der Waals surface area contributed by atoms with Crippen molar-refractivity contribution in [2.24, 2.45) is 7.05 Å². The second kappa shape index (κ2) is 6.90. The van der Waals surface area contributed by atoms with Gasteiger partial charge in [-0.25, -0.2) is 9.50 Å². The average Bonchev–Trinajstić information content (AvgIpc) is 3.42. The fourth-order valence-electron chi connectivity index (χ4n) is 3.88. The Morgan fingerprint density at radius 1 is 1.22 bits per heavy atom. The minimum Gasteiger partial charge on any atom is -0.298 e. The Bertz CT molecular complexity index is 1050. The van der Waals surface area contributed by atoms with Crippen molar-refractivity contribution in [2.75, 3.05) is 13.1 Å². The fourth-order valence-corrected chi connectivity index (χ4v) is 4.60. The summed E-state index contributed by atoms with van der Waals surface area (Å²) in [6.45, 7) is 3.07. The van der Waals surface area contributed by atoms with Crippen LogP contribution in [0.3, 0.4) is 0 Å². The first kappa shape index (κ1) is 16.6. The number of hydrogen-bond donors (Lipinski definition) is 0. The summed E-state index contributed by atoms with van der Waals surface area (Å²) in [6.07, 6.45) is 8.48. The lowest BCUT2D eigenvalue weighted by molar-refractivity contribution is 0.196. The molecule has 5 heterocycles. The van der Waals surface area contributed by atoms with Gasteiger partial charge in [-0.2, -0.15) is 10.2 Å². The van der Waals surface area contributed by atoms with E-state index in [4.69, 9.17) is 10.1 Å². The van der Waals surface area contributed by atoms with Crippen LogP contribution in [-0.4, -0.2) is 42.4 Å². The minimum atomic E-state index is 0.389. The van der Waals surface area contributed by atoms with Crippen LogP contribution in [-0.2, 0) is 13.6 Å². The normalized spacial score (nSPS) is 18.3. The molecular weight excluding hydrogens is 356 g/mol. The number of hydrogen-bond acceptors (Lipinski definition) is 5. The molecule has 7 heteroatoms. The van der Waals surface area contributed by atoms with E-state index in [1.165, 1.54) is 22.4 Å². The highest BCUT2D eigenvalue weighted by Gasteiger charge is 2.25. The molecule has 4 aromatic heterocycles. The van der Waals surface area contributed by atoms with Gasteiger partial charge in [0.05, 0.1) is 6.20 Å². The third kappa shape index (κ3) is 3.40. The lowest BCUT2D eigenvalue weighted by Crippen LogP contribution is -2.34. The predicted molar refractivity (Wildman–Crippen MR) is 107 cm³/mol. The number of aryl methyl sites for hydroxylation is 1. The minimum absolute atomic E-state index is 0.389. The van der Waals surface area contributed by atoms with Crippen molar-refractivity contribution in [3.05, 3.63) is 59.6 Å². The van der Waals surface area contributed by atoms with E-state index in [-0.39, 0.29) is 0 Å². The Morgan fingerprint density at radius 2 is 2.19 bits per heavy atom. The van der Waals surface area contributed by atoms with Gasteiger partial charge >= 0.3 is 0 Å². The highest BCUT2D eigenvalue weighted by Crippen LogP contribution is 2.28. The molecule has 6 nitrogen and oxygen atoms in total. The van der Waals surface area contributed by atoms with E-state index >= 15 is 0 Å². The van der Waals surface area contributed by atoms with E-state index in [0.717, 1.165) is 37.5 Å². The molecule has 0 saturated carbocycles. The molecule has 0 spiro atoms. The third-order valence-electron chi connectivity index (χ3n) is 5.19. The maximum absolute atomic E-state index is 4.82. The summed E-state index contributed by atoms with van der Waals surface area (Å²) >= 11 is 1.75. The number of aromatic nitrogens is 5. The van der Waals surface area contributed by atoms with Crippen molar-refractivity contribution in [1.29, 1.82) is 0 Å². The van der Waals surface area contributed by atoms with Gasteiger partial charge in [0.2, 0.25) is 0 Å². The van der Waals surface area contributed by atoms with Gasteiger partial charge < -0.3 is 0 Å². The van der Waals surface area contributed by atoms with Crippen molar-refractivity contribution in [3.8, 4) is 10.4 Å². The standard InChI is InChI=1S/C20H22N6S/c1-24-11-15(10-21-24)12-25-8-2-4-17(13-25)20-22-19-7-6-16(14-26(19)23-20)18-5-3-9-27-18/h3,5-7,9-11,14,17H,2,4,8,12-13H2,1H3/t17-/m0/s1. The maximum atomic E-state index is 4.82.